The lowest BCUT2D eigenvalue weighted by Gasteiger charge is -2.10. The Morgan fingerprint density at radius 3 is 2.74 bits per heavy atom. The van der Waals surface area contributed by atoms with E-state index in [1.54, 1.807) is 13.0 Å². The number of H-pyrrole nitrogens is 1. The second-order valence-electron chi connectivity index (χ2n) is 5.34. The Morgan fingerprint density at radius 1 is 1.17 bits per heavy atom. The van der Waals surface area contributed by atoms with Gasteiger partial charge in [0.25, 0.3) is 5.69 Å². The number of para-hydroxylation sites is 1. The first-order valence-corrected chi connectivity index (χ1v) is 7.14. The predicted molar refractivity (Wildman–Crippen MR) is 89.7 cm³/mol. The van der Waals surface area contributed by atoms with Crippen molar-refractivity contribution >= 4 is 22.3 Å². The third-order valence-corrected chi connectivity index (χ3v) is 3.66. The van der Waals surface area contributed by atoms with Crippen LogP contribution in [0.2, 0.25) is 0 Å². The van der Waals surface area contributed by atoms with Gasteiger partial charge in [-0.3, -0.25) is 14.9 Å². The summed E-state index contributed by atoms with van der Waals surface area (Å²) in [6.07, 6.45) is 0. The molecule has 116 valence electrons. The van der Waals surface area contributed by atoms with Crippen molar-refractivity contribution in [2.24, 2.45) is 0 Å². The molecule has 3 rings (SSSR count). The minimum atomic E-state index is -0.411. The average molecular weight is 309 g/mol. The number of hydrogen-bond acceptors (Lipinski definition) is 4. The van der Waals surface area contributed by atoms with Crippen LogP contribution in [0.15, 0.2) is 53.3 Å². The van der Waals surface area contributed by atoms with Crippen molar-refractivity contribution < 1.29 is 4.92 Å². The molecule has 0 spiro atoms. The first kappa shape index (κ1) is 14.8. The van der Waals surface area contributed by atoms with Gasteiger partial charge in [-0.25, -0.2) is 0 Å². The maximum atomic E-state index is 11.7. The van der Waals surface area contributed by atoms with E-state index in [2.05, 4.69) is 10.3 Å². The van der Waals surface area contributed by atoms with Crippen LogP contribution in [0.4, 0.5) is 11.4 Å². The fraction of sp³-hybridized carbons (Fsp3) is 0.118. The zero-order chi connectivity index (χ0) is 16.4. The van der Waals surface area contributed by atoms with Crippen LogP contribution in [0.5, 0.6) is 0 Å². The molecule has 0 saturated heterocycles. The van der Waals surface area contributed by atoms with E-state index in [0.717, 1.165) is 22.0 Å². The van der Waals surface area contributed by atoms with Gasteiger partial charge in [0.15, 0.2) is 0 Å². The van der Waals surface area contributed by atoms with Gasteiger partial charge in [-0.15, -0.1) is 0 Å². The standard InChI is InChI=1S/C17H15N3O3/c1-11-6-7-15(16(8-11)20(22)23)18-10-12-9-17(21)19-14-5-3-2-4-13(12)14/h2-9,18H,10H2,1H3,(H,19,21). The van der Waals surface area contributed by atoms with Crippen molar-refractivity contribution in [3.63, 3.8) is 0 Å². The summed E-state index contributed by atoms with van der Waals surface area (Å²) in [6, 6.07) is 14.0. The Kier molecular flexibility index (Phi) is 3.80. The van der Waals surface area contributed by atoms with Gasteiger partial charge in [0.1, 0.15) is 5.69 Å². The smallest absolute Gasteiger partial charge is 0.292 e. The molecule has 0 fully saturated rings. The summed E-state index contributed by atoms with van der Waals surface area (Å²) in [5, 5.41) is 15.1. The molecule has 1 heterocycles. The van der Waals surface area contributed by atoms with Crippen LogP contribution in [0.25, 0.3) is 10.9 Å². The third kappa shape index (κ3) is 3.06. The molecule has 0 aliphatic heterocycles. The summed E-state index contributed by atoms with van der Waals surface area (Å²) in [6.45, 7) is 2.13. The normalized spacial score (nSPS) is 10.7. The highest BCUT2D eigenvalue weighted by Gasteiger charge is 2.13. The highest BCUT2D eigenvalue weighted by atomic mass is 16.6. The summed E-state index contributed by atoms with van der Waals surface area (Å²) >= 11 is 0. The van der Waals surface area contributed by atoms with Crippen LogP contribution in [-0.4, -0.2) is 9.91 Å². The van der Waals surface area contributed by atoms with Crippen molar-refractivity contribution in [2.45, 2.75) is 13.5 Å². The lowest BCUT2D eigenvalue weighted by molar-refractivity contribution is -0.384. The number of aromatic nitrogens is 1. The summed E-state index contributed by atoms with van der Waals surface area (Å²) in [5.41, 5.74) is 2.63. The predicted octanol–water partition coefficient (Wildman–Crippen LogP) is 3.36. The Balaban J connectivity index is 1.96. The number of rotatable bonds is 4. The quantitative estimate of drug-likeness (QED) is 0.571. The fourth-order valence-corrected chi connectivity index (χ4v) is 2.56. The largest absolute Gasteiger partial charge is 0.375 e. The highest BCUT2D eigenvalue weighted by molar-refractivity contribution is 5.82. The maximum absolute atomic E-state index is 11.7. The van der Waals surface area contributed by atoms with E-state index in [9.17, 15) is 14.9 Å². The number of nitro benzene ring substituents is 1. The summed E-state index contributed by atoms with van der Waals surface area (Å²) in [5.74, 6) is 0. The van der Waals surface area contributed by atoms with E-state index >= 15 is 0 Å². The highest BCUT2D eigenvalue weighted by Crippen LogP contribution is 2.26. The molecule has 0 aliphatic carbocycles. The van der Waals surface area contributed by atoms with Crippen molar-refractivity contribution in [1.82, 2.24) is 4.98 Å². The number of anilines is 1. The molecule has 0 bridgehead atoms. The molecule has 0 atom stereocenters. The fourth-order valence-electron chi connectivity index (χ4n) is 2.56. The molecule has 0 aliphatic rings. The molecule has 0 saturated carbocycles. The van der Waals surface area contributed by atoms with Crippen molar-refractivity contribution in [2.75, 3.05) is 5.32 Å². The van der Waals surface area contributed by atoms with Gasteiger partial charge >= 0.3 is 0 Å². The van der Waals surface area contributed by atoms with Crippen LogP contribution >= 0.6 is 0 Å². The number of nitrogens with one attached hydrogen (secondary N) is 2. The molecule has 2 aromatic carbocycles. The second-order valence-corrected chi connectivity index (χ2v) is 5.34. The minimum absolute atomic E-state index is 0.0270. The maximum Gasteiger partial charge on any atom is 0.292 e. The van der Waals surface area contributed by atoms with Gasteiger partial charge < -0.3 is 10.3 Å². The molecule has 1 aromatic heterocycles. The van der Waals surface area contributed by atoms with Crippen LogP contribution in [0, 0.1) is 17.0 Å². The van der Waals surface area contributed by atoms with E-state index in [1.165, 1.54) is 12.1 Å². The van der Waals surface area contributed by atoms with Crippen LogP contribution in [-0.2, 0) is 6.54 Å². The lowest BCUT2D eigenvalue weighted by Crippen LogP contribution is -2.10. The van der Waals surface area contributed by atoms with Gasteiger partial charge in [-0.05, 0) is 30.2 Å². The Labute approximate surface area is 131 Å². The summed E-state index contributed by atoms with van der Waals surface area (Å²) in [4.78, 5) is 25.3. The van der Waals surface area contributed by atoms with Crippen molar-refractivity contribution in [3.05, 3.63) is 80.1 Å². The van der Waals surface area contributed by atoms with Gasteiger partial charge in [0, 0.05) is 29.6 Å². The average Bonchev–Trinajstić information content (AvgIpc) is 2.53. The Bertz CT molecular complexity index is 947. The summed E-state index contributed by atoms with van der Waals surface area (Å²) in [7, 11) is 0. The molecular weight excluding hydrogens is 294 g/mol. The zero-order valence-electron chi connectivity index (χ0n) is 12.5. The Hall–Kier alpha value is -3.15. The van der Waals surface area contributed by atoms with Crippen molar-refractivity contribution in [1.29, 1.82) is 0 Å². The van der Waals surface area contributed by atoms with E-state index in [-0.39, 0.29) is 11.2 Å². The lowest BCUT2D eigenvalue weighted by atomic mass is 10.1. The second kappa shape index (κ2) is 5.92. The van der Waals surface area contributed by atoms with E-state index < -0.39 is 4.92 Å². The van der Waals surface area contributed by atoms with E-state index in [1.807, 2.05) is 30.3 Å². The number of benzene rings is 2. The van der Waals surface area contributed by atoms with Gasteiger partial charge in [-0.1, -0.05) is 24.3 Å². The number of aryl methyl sites for hydroxylation is 1. The molecule has 0 unspecified atom stereocenters. The molecule has 23 heavy (non-hydrogen) atoms. The van der Waals surface area contributed by atoms with Crippen LogP contribution < -0.4 is 10.9 Å². The molecule has 6 nitrogen and oxygen atoms in total. The number of pyridine rings is 1. The van der Waals surface area contributed by atoms with Crippen LogP contribution in [0.3, 0.4) is 0 Å². The number of fused-ring (bicyclic) bond motifs is 1. The number of nitrogens with zero attached hydrogens (tertiary/aromatic N) is 1. The van der Waals surface area contributed by atoms with Gasteiger partial charge in [-0.2, -0.15) is 0 Å². The van der Waals surface area contributed by atoms with E-state index in [0.29, 0.717) is 12.2 Å². The van der Waals surface area contributed by atoms with Gasteiger partial charge in [0.05, 0.1) is 4.92 Å². The first-order valence-electron chi connectivity index (χ1n) is 7.14. The van der Waals surface area contributed by atoms with Crippen molar-refractivity contribution in [3.8, 4) is 0 Å². The Morgan fingerprint density at radius 2 is 1.96 bits per heavy atom. The SMILES string of the molecule is Cc1ccc(NCc2cc(=O)[nH]c3ccccc23)c([N+](=O)[O-])c1. The third-order valence-electron chi connectivity index (χ3n) is 3.66. The molecule has 0 radical (unpaired) electrons. The molecule has 6 heteroatoms. The monoisotopic (exact) mass is 309 g/mol. The van der Waals surface area contributed by atoms with E-state index in [4.69, 9.17) is 0 Å². The van der Waals surface area contributed by atoms with Gasteiger partial charge in [0.2, 0.25) is 5.56 Å². The molecule has 0 amide bonds. The summed E-state index contributed by atoms with van der Waals surface area (Å²) < 4.78 is 0. The molecule has 2 N–H and O–H groups in total. The number of nitro groups is 1. The van der Waals surface area contributed by atoms with Crippen LogP contribution in [0.1, 0.15) is 11.1 Å². The number of aromatic amines is 1. The molecular formula is C17H15N3O3. The topological polar surface area (TPSA) is 88.0 Å². The first-order chi connectivity index (χ1) is 11.0. The molecule has 3 aromatic rings. The number of hydrogen-bond donors (Lipinski definition) is 2. The minimum Gasteiger partial charge on any atom is -0.375 e. The zero-order valence-corrected chi connectivity index (χ0v) is 12.5.